The van der Waals surface area contributed by atoms with Crippen molar-refractivity contribution in [2.24, 2.45) is 5.92 Å². The minimum absolute atomic E-state index is 0.362. The highest BCUT2D eigenvalue weighted by Gasteiger charge is 2.34. The van der Waals surface area contributed by atoms with E-state index in [2.05, 4.69) is 17.1 Å². The maximum atomic E-state index is 10.5. The Balaban J connectivity index is 1.72. The predicted molar refractivity (Wildman–Crippen MR) is 75.7 cm³/mol. The standard InChI is InChI=1S/C15H30N2O/c1-2-9-16-11-14-6-5-10-17(12-14)13-15(18)7-3-4-8-15/h14,16,18H,2-13H2,1H3. The normalized spacial score (nSPS) is 28.7. The largest absolute Gasteiger partial charge is 0.389 e. The summed E-state index contributed by atoms with van der Waals surface area (Å²) in [5.74, 6) is 0.787. The summed E-state index contributed by atoms with van der Waals surface area (Å²) in [4.78, 5) is 2.51. The van der Waals surface area contributed by atoms with Crippen LogP contribution >= 0.6 is 0 Å². The van der Waals surface area contributed by atoms with Gasteiger partial charge in [-0.25, -0.2) is 0 Å². The lowest BCUT2D eigenvalue weighted by Gasteiger charge is -2.37. The summed E-state index contributed by atoms with van der Waals surface area (Å²) in [5.41, 5.74) is -0.362. The molecule has 0 aromatic rings. The molecule has 2 rings (SSSR count). The fraction of sp³-hybridized carbons (Fsp3) is 1.00. The number of nitrogens with zero attached hydrogens (tertiary/aromatic N) is 1. The van der Waals surface area contributed by atoms with Gasteiger partial charge in [0.05, 0.1) is 5.60 Å². The summed E-state index contributed by atoms with van der Waals surface area (Å²) in [6, 6.07) is 0. The van der Waals surface area contributed by atoms with Crippen LogP contribution in [0.15, 0.2) is 0 Å². The molecule has 2 aliphatic rings. The molecule has 1 aliphatic carbocycles. The Labute approximate surface area is 112 Å². The summed E-state index contributed by atoms with van der Waals surface area (Å²) < 4.78 is 0. The molecular weight excluding hydrogens is 224 g/mol. The smallest absolute Gasteiger partial charge is 0.0774 e. The summed E-state index contributed by atoms with van der Waals surface area (Å²) in [6.45, 7) is 7.79. The van der Waals surface area contributed by atoms with Gasteiger partial charge in [0.15, 0.2) is 0 Å². The lowest BCUT2D eigenvalue weighted by atomic mass is 9.95. The average Bonchev–Trinajstić information content (AvgIpc) is 2.76. The van der Waals surface area contributed by atoms with E-state index in [1.807, 2.05) is 0 Å². The quantitative estimate of drug-likeness (QED) is 0.712. The van der Waals surface area contributed by atoms with Crippen molar-refractivity contribution in [1.29, 1.82) is 0 Å². The zero-order chi connectivity index (χ0) is 12.8. The van der Waals surface area contributed by atoms with Crippen molar-refractivity contribution in [2.75, 3.05) is 32.7 Å². The van der Waals surface area contributed by atoms with Crippen molar-refractivity contribution in [3.05, 3.63) is 0 Å². The lowest BCUT2D eigenvalue weighted by molar-refractivity contribution is -0.00208. The van der Waals surface area contributed by atoms with Crippen LogP contribution in [-0.4, -0.2) is 48.3 Å². The van der Waals surface area contributed by atoms with Gasteiger partial charge in [0, 0.05) is 13.1 Å². The maximum Gasteiger partial charge on any atom is 0.0774 e. The van der Waals surface area contributed by atoms with Gasteiger partial charge in [0.1, 0.15) is 0 Å². The first-order valence-electron chi connectivity index (χ1n) is 7.87. The Morgan fingerprint density at radius 3 is 2.78 bits per heavy atom. The molecule has 2 N–H and O–H groups in total. The summed E-state index contributed by atoms with van der Waals surface area (Å²) in [6.07, 6.45) is 8.33. The molecule has 2 fully saturated rings. The van der Waals surface area contributed by atoms with E-state index in [1.54, 1.807) is 0 Å². The molecule has 1 saturated heterocycles. The molecule has 3 heteroatoms. The van der Waals surface area contributed by atoms with Crippen LogP contribution in [0.4, 0.5) is 0 Å². The number of β-amino-alcohol motifs (C(OH)–C–C–N with tert-alkyl or cyclic N) is 1. The van der Waals surface area contributed by atoms with Crippen molar-refractivity contribution >= 4 is 0 Å². The van der Waals surface area contributed by atoms with E-state index in [9.17, 15) is 5.11 Å². The summed E-state index contributed by atoms with van der Waals surface area (Å²) in [7, 11) is 0. The van der Waals surface area contributed by atoms with Crippen molar-refractivity contribution < 1.29 is 5.11 Å². The maximum absolute atomic E-state index is 10.5. The molecule has 106 valence electrons. The third-order valence-electron chi connectivity index (χ3n) is 4.52. The van der Waals surface area contributed by atoms with Crippen molar-refractivity contribution in [1.82, 2.24) is 10.2 Å². The van der Waals surface area contributed by atoms with E-state index >= 15 is 0 Å². The Morgan fingerprint density at radius 2 is 2.06 bits per heavy atom. The topological polar surface area (TPSA) is 35.5 Å². The van der Waals surface area contributed by atoms with Crippen molar-refractivity contribution in [2.45, 2.75) is 57.5 Å². The van der Waals surface area contributed by atoms with Crippen LogP contribution in [-0.2, 0) is 0 Å². The number of hydrogen-bond acceptors (Lipinski definition) is 3. The number of aliphatic hydroxyl groups is 1. The molecule has 3 nitrogen and oxygen atoms in total. The molecule has 0 radical (unpaired) electrons. The van der Waals surface area contributed by atoms with Gasteiger partial charge in [-0.15, -0.1) is 0 Å². The fourth-order valence-corrected chi connectivity index (χ4v) is 3.55. The highest BCUT2D eigenvalue weighted by molar-refractivity contribution is 4.89. The van der Waals surface area contributed by atoms with Crippen LogP contribution in [0.25, 0.3) is 0 Å². The SMILES string of the molecule is CCCNCC1CCCN(CC2(O)CCCC2)C1. The van der Waals surface area contributed by atoms with Gasteiger partial charge in [0.2, 0.25) is 0 Å². The third kappa shape index (κ3) is 4.22. The first-order chi connectivity index (χ1) is 8.72. The number of rotatable bonds is 6. The van der Waals surface area contributed by atoms with Gasteiger partial charge >= 0.3 is 0 Å². The monoisotopic (exact) mass is 254 g/mol. The van der Waals surface area contributed by atoms with E-state index in [1.165, 1.54) is 45.2 Å². The minimum Gasteiger partial charge on any atom is -0.389 e. The number of nitrogens with one attached hydrogen (secondary N) is 1. The average molecular weight is 254 g/mol. The van der Waals surface area contributed by atoms with Gasteiger partial charge < -0.3 is 15.3 Å². The van der Waals surface area contributed by atoms with Gasteiger partial charge in [0.25, 0.3) is 0 Å². The predicted octanol–water partition coefficient (Wildman–Crippen LogP) is 2.00. The molecule has 0 aromatic carbocycles. The second-order valence-corrected chi connectivity index (χ2v) is 6.38. The molecule has 1 saturated carbocycles. The van der Waals surface area contributed by atoms with Crippen LogP contribution in [0.3, 0.4) is 0 Å². The van der Waals surface area contributed by atoms with Crippen LogP contribution in [0.2, 0.25) is 0 Å². The Morgan fingerprint density at radius 1 is 1.28 bits per heavy atom. The zero-order valence-electron chi connectivity index (χ0n) is 12.0. The Hall–Kier alpha value is -0.120. The van der Waals surface area contributed by atoms with E-state index in [0.29, 0.717) is 0 Å². The summed E-state index contributed by atoms with van der Waals surface area (Å²) in [5, 5.41) is 14.0. The second-order valence-electron chi connectivity index (χ2n) is 6.38. The van der Waals surface area contributed by atoms with Crippen molar-refractivity contribution in [3.63, 3.8) is 0 Å². The first kappa shape index (κ1) is 14.3. The van der Waals surface area contributed by atoms with Crippen LogP contribution < -0.4 is 5.32 Å². The molecule has 0 aromatic heterocycles. The number of hydrogen-bond donors (Lipinski definition) is 2. The lowest BCUT2D eigenvalue weighted by Crippen LogP contribution is -2.47. The van der Waals surface area contributed by atoms with Crippen LogP contribution in [0, 0.1) is 5.92 Å². The van der Waals surface area contributed by atoms with E-state index in [4.69, 9.17) is 0 Å². The molecule has 1 heterocycles. The molecule has 1 aliphatic heterocycles. The van der Waals surface area contributed by atoms with Gasteiger partial charge in [-0.2, -0.15) is 0 Å². The van der Waals surface area contributed by atoms with Crippen molar-refractivity contribution in [3.8, 4) is 0 Å². The fourth-order valence-electron chi connectivity index (χ4n) is 3.55. The van der Waals surface area contributed by atoms with Gasteiger partial charge in [-0.1, -0.05) is 19.8 Å². The molecule has 18 heavy (non-hydrogen) atoms. The first-order valence-corrected chi connectivity index (χ1v) is 7.87. The summed E-state index contributed by atoms with van der Waals surface area (Å²) >= 11 is 0. The van der Waals surface area contributed by atoms with Gasteiger partial charge in [-0.3, -0.25) is 0 Å². The van der Waals surface area contributed by atoms with Crippen LogP contribution in [0.1, 0.15) is 51.9 Å². The molecule has 1 unspecified atom stereocenters. The van der Waals surface area contributed by atoms with E-state index in [0.717, 1.165) is 38.4 Å². The number of piperidine rings is 1. The molecule has 1 atom stereocenters. The zero-order valence-corrected chi connectivity index (χ0v) is 12.0. The van der Waals surface area contributed by atoms with Gasteiger partial charge in [-0.05, 0) is 57.7 Å². The second kappa shape index (κ2) is 6.88. The Kier molecular flexibility index (Phi) is 5.46. The van der Waals surface area contributed by atoms with E-state index < -0.39 is 0 Å². The van der Waals surface area contributed by atoms with Crippen LogP contribution in [0.5, 0.6) is 0 Å². The molecular formula is C15H30N2O. The van der Waals surface area contributed by atoms with E-state index in [-0.39, 0.29) is 5.60 Å². The molecule has 0 spiro atoms. The molecule has 0 amide bonds. The minimum atomic E-state index is -0.362. The highest BCUT2D eigenvalue weighted by Crippen LogP contribution is 2.31. The third-order valence-corrected chi connectivity index (χ3v) is 4.52. The molecule has 0 bridgehead atoms. The highest BCUT2D eigenvalue weighted by atomic mass is 16.3. The number of likely N-dealkylation sites (tertiary alicyclic amines) is 1. The Bertz CT molecular complexity index is 239.